The molecule has 1 amide bonds. The highest BCUT2D eigenvalue weighted by molar-refractivity contribution is 7.99. The molecule has 1 aliphatic rings. The maximum atomic E-state index is 13.0. The summed E-state index contributed by atoms with van der Waals surface area (Å²) in [6, 6.07) is 9.09. The van der Waals surface area contributed by atoms with Crippen molar-refractivity contribution >= 4 is 40.2 Å². The minimum Gasteiger partial charge on any atom is -0.350 e. The Bertz CT molecular complexity index is 1010. The second-order valence-corrected chi connectivity index (χ2v) is 8.56. The largest absolute Gasteiger partial charge is 0.350 e. The van der Waals surface area contributed by atoms with Gasteiger partial charge in [0.15, 0.2) is 0 Å². The van der Waals surface area contributed by atoms with Crippen LogP contribution in [0.4, 0.5) is 0 Å². The summed E-state index contributed by atoms with van der Waals surface area (Å²) < 4.78 is 0. The molecule has 3 aromatic rings. The van der Waals surface area contributed by atoms with Crippen LogP contribution >= 0.6 is 23.4 Å². The number of fused-ring (bicyclic) bond motifs is 1. The van der Waals surface area contributed by atoms with Crippen molar-refractivity contribution in [3.8, 4) is 0 Å². The van der Waals surface area contributed by atoms with E-state index in [1.54, 1.807) is 6.07 Å². The smallest absolute Gasteiger partial charge is 0.252 e. The molecule has 4 rings (SSSR count). The van der Waals surface area contributed by atoms with Crippen LogP contribution in [0.1, 0.15) is 27.8 Å². The number of amides is 1. The molecule has 6 nitrogen and oxygen atoms in total. The van der Waals surface area contributed by atoms with Crippen molar-refractivity contribution in [2.75, 3.05) is 31.1 Å². The molecule has 1 aliphatic heterocycles. The van der Waals surface area contributed by atoms with Gasteiger partial charge in [-0.15, -0.1) is 0 Å². The average Bonchev–Trinajstić information content (AvgIpc) is 2.75. The van der Waals surface area contributed by atoms with Gasteiger partial charge in [0.05, 0.1) is 11.6 Å². The van der Waals surface area contributed by atoms with E-state index in [1.165, 1.54) is 0 Å². The fourth-order valence-electron chi connectivity index (χ4n) is 3.53. The van der Waals surface area contributed by atoms with E-state index in [4.69, 9.17) is 11.6 Å². The number of rotatable bonds is 5. The van der Waals surface area contributed by atoms with Crippen LogP contribution in [0.25, 0.3) is 10.9 Å². The molecular weight excluding hydrogens is 406 g/mol. The average molecular weight is 428 g/mol. The van der Waals surface area contributed by atoms with E-state index in [2.05, 4.69) is 25.2 Å². The molecule has 150 valence electrons. The molecule has 1 atom stereocenters. The van der Waals surface area contributed by atoms with Gasteiger partial charge < -0.3 is 5.32 Å². The predicted octanol–water partition coefficient (Wildman–Crippen LogP) is 3.51. The first-order chi connectivity index (χ1) is 14.1. The van der Waals surface area contributed by atoms with E-state index in [0.29, 0.717) is 22.8 Å². The number of hydrogen-bond acceptors (Lipinski definition) is 6. The summed E-state index contributed by atoms with van der Waals surface area (Å²) in [7, 11) is 0. The Hall–Kier alpha value is -2.22. The van der Waals surface area contributed by atoms with E-state index in [9.17, 15) is 4.79 Å². The third-order valence-corrected chi connectivity index (χ3v) is 6.22. The van der Waals surface area contributed by atoms with Gasteiger partial charge in [-0.25, -0.2) is 15.0 Å². The number of pyridine rings is 1. The highest BCUT2D eigenvalue weighted by Gasteiger charge is 2.24. The minimum atomic E-state index is -0.121. The number of aromatic nitrogens is 3. The number of benzene rings is 1. The number of aryl methyl sites for hydroxylation is 1. The third kappa shape index (κ3) is 4.69. The summed E-state index contributed by atoms with van der Waals surface area (Å²) >= 11 is 7.95. The van der Waals surface area contributed by atoms with Crippen molar-refractivity contribution in [3.63, 3.8) is 0 Å². The SMILES string of the molecule is Cc1ncc(C(CNC(=O)c2cccc3nc(Cl)ccc23)N2CCSCC2)cn1. The summed E-state index contributed by atoms with van der Waals surface area (Å²) in [5, 5.41) is 4.32. The molecule has 1 fully saturated rings. The molecule has 1 aromatic carbocycles. The summed E-state index contributed by atoms with van der Waals surface area (Å²) in [5.41, 5.74) is 2.33. The van der Waals surface area contributed by atoms with Crippen LogP contribution < -0.4 is 5.32 Å². The van der Waals surface area contributed by atoms with Gasteiger partial charge in [-0.2, -0.15) is 11.8 Å². The van der Waals surface area contributed by atoms with Crippen molar-refractivity contribution in [1.82, 2.24) is 25.2 Å². The summed E-state index contributed by atoms with van der Waals surface area (Å²) in [6.45, 7) is 4.33. The van der Waals surface area contributed by atoms with Crippen LogP contribution in [0, 0.1) is 6.92 Å². The van der Waals surface area contributed by atoms with Crippen molar-refractivity contribution in [3.05, 3.63) is 64.8 Å². The Morgan fingerprint density at radius 1 is 1.21 bits per heavy atom. The van der Waals surface area contributed by atoms with E-state index >= 15 is 0 Å². The lowest BCUT2D eigenvalue weighted by Crippen LogP contribution is -2.42. The number of hydrogen-bond donors (Lipinski definition) is 1. The normalized spacial score (nSPS) is 15.9. The number of nitrogens with zero attached hydrogens (tertiary/aromatic N) is 4. The number of nitrogens with one attached hydrogen (secondary N) is 1. The molecule has 29 heavy (non-hydrogen) atoms. The van der Waals surface area contributed by atoms with Crippen LogP contribution in [0.2, 0.25) is 5.15 Å². The Labute approximate surface area is 179 Å². The van der Waals surface area contributed by atoms with Crippen molar-refractivity contribution < 1.29 is 4.79 Å². The van der Waals surface area contributed by atoms with Gasteiger partial charge in [0.1, 0.15) is 11.0 Å². The Kier molecular flexibility index (Phi) is 6.28. The Balaban J connectivity index is 1.55. The monoisotopic (exact) mass is 427 g/mol. The number of carbonyl (C=O) groups is 1. The number of halogens is 1. The van der Waals surface area contributed by atoms with Gasteiger partial charge >= 0.3 is 0 Å². The maximum absolute atomic E-state index is 13.0. The Morgan fingerprint density at radius 3 is 2.72 bits per heavy atom. The first-order valence-corrected chi connectivity index (χ1v) is 11.1. The topological polar surface area (TPSA) is 71.0 Å². The molecule has 1 saturated heterocycles. The van der Waals surface area contributed by atoms with Gasteiger partial charge in [-0.05, 0) is 31.2 Å². The molecule has 3 heterocycles. The van der Waals surface area contributed by atoms with Gasteiger partial charge in [0.25, 0.3) is 5.91 Å². The lowest BCUT2D eigenvalue weighted by molar-refractivity contribution is 0.0936. The van der Waals surface area contributed by atoms with Crippen LogP contribution in [-0.4, -0.2) is 56.9 Å². The van der Waals surface area contributed by atoms with Gasteiger partial charge in [-0.1, -0.05) is 17.7 Å². The van der Waals surface area contributed by atoms with Gasteiger partial charge in [-0.3, -0.25) is 9.69 Å². The molecule has 1 N–H and O–H groups in total. The lowest BCUT2D eigenvalue weighted by atomic mass is 10.1. The predicted molar refractivity (Wildman–Crippen MR) is 117 cm³/mol. The standard InChI is InChI=1S/C21H22ClN5OS/c1-14-23-11-15(12-24-14)19(27-7-9-29-10-8-27)13-25-21(28)17-3-2-4-18-16(17)5-6-20(22)26-18/h2-6,11-12,19H,7-10,13H2,1H3,(H,25,28). The molecule has 0 saturated carbocycles. The Morgan fingerprint density at radius 2 is 1.97 bits per heavy atom. The highest BCUT2D eigenvalue weighted by atomic mass is 35.5. The van der Waals surface area contributed by atoms with Gasteiger partial charge in [0, 0.05) is 60.0 Å². The molecule has 1 unspecified atom stereocenters. The third-order valence-electron chi connectivity index (χ3n) is 5.07. The first-order valence-electron chi connectivity index (χ1n) is 9.55. The first kappa shape index (κ1) is 20.1. The van der Waals surface area contributed by atoms with Crippen LogP contribution in [-0.2, 0) is 0 Å². The zero-order valence-electron chi connectivity index (χ0n) is 16.1. The molecule has 8 heteroatoms. The second kappa shape index (κ2) is 9.07. The number of carbonyl (C=O) groups excluding carboxylic acids is 1. The second-order valence-electron chi connectivity index (χ2n) is 6.94. The van der Waals surface area contributed by atoms with E-state index in [0.717, 1.165) is 41.4 Å². The number of thioether (sulfide) groups is 1. The molecule has 0 aliphatic carbocycles. The molecule has 0 spiro atoms. The summed E-state index contributed by atoms with van der Waals surface area (Å²) in [5.74, 6) is 2.80. The maximum Gasteiger partial charge on any atom is 0.252 e. The molecular formula is C21H22ClN5OS. The van der Waals surface area contributed by atoms with Crippen molar-refractivity contribution in [1.29, 1.82) is 0 Å². The zero-order chi connectivity index (χ0) is 20.2. The van der Waals surface area contributed by atoms with Crippen LogP contribution in [0.15, 0.2) is 42.7 Å². The zero-order valence-corrected chi connectivity index (χ0v) is 17.7. The highest BCUT2D eigenvalue weighted by Crippen LogP contribution is 2.24. The summed E-state index contributed by atoms with van der Waals surface area (Å²) in [6.07, 6.45) is 3.73. The molecule has 0 bridgehead atoms. The molecule has 0 radical (unpaired) electrons. The van der Waals surface area contributed by atoms with Crippen molar-refractivity contribution in [2.45, 2.75) is 13.0 Å². The fourth-order valence-corrected chi connectivity index (χ4v) is 4.62. The van der Waals surface area contributed by atoms with Crippen molar-refractivity contribution in [2.24, 2.45) is 0 Å². The quantitative estimate of drug-likeness (QED) is 0.628. The van der Waals surface area contributed by atoms with E-state index in [1.807, 2.05) is 55.3 Å². The summed E-state index contributed by atoms with van der Waals surface area (Å²) in [4.78, 5) is 28.4. The van der Waals surface area contributed by atoms with Crippen LogP contribution in [0.5, 0.6) is 0 Å². The minimum absolute atomic E-state index is 0.0444. The van der Waals surface area contributed by atoms with Crippen LogP contribution in [0.3, 0.4) is 0 Å². The van der Waals surface area contributed by atoms with E-state index < -0.39 is 0 Å². The van der Waals surface area contributed by atoms with E-state index in [-0.39, 0.29) is 11.9 Å². The van der Waals surface area contributed by atoms with Gasteiger partial charge in [0.2, 0.25) is 0 Å². The lowest BCUT2D eigenvalue weighted by Gasteiger charge is -2.34. The molecule has 2 aromatic heterocycles. The fraction of sp³-hybridized carbons (Fsp3) is 0.333.